The summed E-state index contributed by atoms with van der Waals surface area (Å²) in [5, 5.41) is 6.73. The van der Waals surface area contributed by atoms with Crippen molar-refractivity contribution in [3.8, 4) is 11.5 Å². The number of hydrogen-bond acceptors (Lipinski definition) is 8. The minimum absolute atomic E-state index is 0.519. The van der Waals surface area contributed by atoms with E-state index in [0.717, 1.165) is 36.2 Å². The Hall–Kier alpha value is -3.59. The number of carbonyl (C=O) groups excluding carboxylic acids is 1. The third-order valence-electron chi connectivity index (χ3n) is 5.06. The van der Waals surface area contributed by atoms with Crippen molar-refractivity contribution in [3.63, 3.8) is 0 Å². The first-order chi connectivity index (χ1) is 15.6. The lowest BCUT2D eigenvalue weighted by molar-refractivity contribution is 0.187. The van der Waals surface area contributed by atoms with Gasteiger partial charge in [-0.1, -0.05) is 13.8 Å². The van der Waals surface area contributed by atoms with E-state index in [4.69, 9.17) is 9.47 Å². The number of fused-ring (bicyclic) bond motifs is 1. The molecule has 0 fully saturated rings. The maximum absolute atomic E-state index is 11.3. The molecule has 0 unspecified atom stereocenters. The predicted octanol–water partition coefficient (Wildman–Crippen LogP) is 4.28. The highest BCUT2D eigenvalue weighted by Crippen LogP contribution is 2.34. The summed E-state index contributed by atoms with van der Waals surface area (Å²) in [4.78, 5) is 22.4. The van der Waals surface area contributed by atoms with Crippen LogP contribution in [0.1, 0.15) is 13.8 Å². The average molecular weight is 440 g/mol. The van der Waals surface area contributed by atoms with E-state index < -0.39 is 6.09 Å². The summed E-state index contributed by atoms with van der Waals surface area (Å²) in [5.74, 6) is 1.91. The first-order valence-corrected chi connectivity index (χ1v) is 10.5. The van der Waals surface area contributed by atoms with Crippen molar-refractivity contribution in [1.82, 2.24) is 14.9 Å². The molecule has 2 N–H and O–H groups in total. The molecule has 2 aromatic carbocycles. The Morgan fingerprint density at radius 3 is 2.38 bits per heavy atom. The van der Waals surface area contributed by atoms with E-state index in [1.807, 2.05) is 24.3 Å². The molecule has 0 atom stereocenters. The van der Waals surface area contributed by atoms with Gasteiger partial charge in [0.05, 0.1) is 19.7 Å². The molecule has 0 aliphatic heterocycles. The number of rotatable bonds is 10. The first-order valence-electron chi connectivity index (χ1n) is 10.5. The number of nitrogens with zero attached hydrogens (tertiary/aromatic N) is 3. The molecule has 3 rings (SSSR count). The third-order valence-corrected chi connectivity index (χ3v) is 5.06. The fourth-order valence-electron chi connectivity index (χ4n) is 3.20. The van der Waals surface area contributed by atoms with Crippen molar-refractivity contribution in [2.75, 3.05) is 51.1 Å². The molecule has 1 amide bonds. The summed E-state index contributed by atoms with van der Waals surface area (Å²) in [6.07, 6.45) is 0.980. The fraction of sp³-hybridized carbons (Fsp3) is 0.348. The monoisotopic (exact) mass is 439 g/mol. The molecule has 0 aliphatic rings. The van der Waals surface area contributed by atoms with Gasteiger partial charge >= 0.3 is 6.09 Å². The van der Waals surface area contributed by atoms with Crippen LogP contribution in [-0.2, 0) is 4.74 Å². The minimum atomic E-state index is -0.519. The van der Waals surface area contributed by atoms with E-state index >= 15 is 0 Å². The van der Waals surface area contributed by atoms with Gasteiger partial charge < -0.3 is 24.4 Å². The SMILES string of the molecule is CCN(CC)CCOc1cc2c(Nc3ccc(NC(=O)OC)cc3)ncnc2cc1OC. The Morgan fingerprint density at radius 2 is 1.72 bits per heavy atom. The number of hydrogen-bond donors (Lipinski definition) is 2. The van der Waals surface area contributed by atoms with Crippen molar-refractivity contribution in [2.24, 2.45) is 0 Å². The fourth-order valence-corrected chi connectivity index (χ4v) is 3.20. The number of benzene rings is 2. The molecule has 32 heavy (non-hydrogen) atoms. The number of likely N-dealkylation sites (N-methyl/N-ethyl adjacent to an activating group) is 1. The number of anilines is 3. The lowest BCUT2D eigenvalue weighted by Crippen LogP contribution is -2.27. The minimum Gasteiger partial charge on any atom is -0.493 e. The molecule has 0 saturated heterocycles. The van der Waals surface area contributed by atoms with Crippen molar-refractivity contribution >= 4 is 34.2 Å². The number of nitrogens with one attached hydrogen (secondary N) is 2. The van der Waals surface area contributed by atoms with Gasteiger partial charge in [-0.25, -0.2) is 14.8 Å². The van der Waals surface area contributed by atoms with Crippen molar-refractivity contribution < 1.29 is 19.0 Å². The number of aromatic nitrogens is 2. The van der Waals surface area contributed by atoms with Gasteiger partial charge in [0.25, 0.3) is 0 Å². The van der Waals surface area contributed by atoms with Crippen molar-refractivity contribution in [3.05, 3.63) is 42.7 Å². The number of methoxy groups -OCH3 is 2. The molecule has 0 saturated carbocycles. The van der Waals surface area contributed by atoms with E-state index in [-0.39, 0.29) is 0 Å². The van der Waals surface area contributed by atoms with Crippen LogP contribution in [-0.4, -0.2) is 61.4 Å². The van der Waals surface area contributed by atoms with Gasteiger partial charge in [0.15, 0.2) is 11.5 Å². The molecular formula is C23H29N5O4. The molecule has 1 heterocycles. The van der Waals surface area contributed by atoms with Gasteiger partial charge in [0, 0.05) is 29.4 Å². The largest absolute Gasteiger partial charge is 0.493 e. The van der Waals surface area contributed by atoms with E-state index in [0.29, 0.717) is 29.6 Å². The van der Waals surface area contributed by atoms with Gasteiger partial charge in [-0.3, -0.25) is 5.32 Å². The normalized spacial score (nSPS) is 10.8. The second-order valence-corrected chi connectivity index (χ2v) is 6.94. The van der Waals surface area contributed by atoms with E-state index in [9.17, 15) is 4.79 Å². The molecule has 0 aliphatic carbocycles. The zero-order chi connectivity index (χ0) is 22.9. The van der Waals surface area contributed by atoms with Crippen LogP contribution in [0.25, 0.3) is 10.9 Å². The van der Waals surface area contributed by atoms with Crippen LogP contribution in [0.4, 0.5) is 22.0 Å². The van der Waals surface area contributed by atoms with Crippen LogP contribution in [0, 0.1) is 0 Å². The molecule has 170 valence electrons. The molecule has 1 aromatic heterocycles. The van der Waals surface area contributed by atoms with E-state index in [1.54, 1.807) is 19.2 Å². The molecule has 9 nitrogen and oxygen atoms in total. The lowest BCUT2D eigenvalue weighted by atomic mass is 10.2. The standard InChI is InChI=1S/C23H29N5O4/c1-5-28(6-2)11-12-32-21-13-18-19(14-20(21)30-3)24-15-25-22(18)26-16-7-9-17(10-8-16)27-23(29)31-4/h7-10,13-15H,5-6,11-12H2,1-4H3,(H,27,29)(H,24,25,26). The Labute approximate surface area is 187 Å². The van der Waals surface area contributed by atoms with Crippen LogP contribution in [0.5, 0.6) is 11.5 Å². The van der Waals surface area contributed by atoms with Crippen LogP contribution >= 0.6 is 0 Å². The number of ether oxygens (including phenoxy) is 3. The van der Waals surface area contributed by atoms with Gasteiger partial charge in [-0.05, 0) is 43.4 Å². The zero-order valence-corrected chi connectivity index (χ0v) is 18.8. The Balaban J connectivity index is 1.82. The summed E-state index contributed by atoms with van der Waals surface area (Å²) in [6, 6.07) is 11.0. The van der Waals surface area contributed by atoms with Crippen molar-refractivity contribution in [1.29, 1.82) is 0 Å². The van der Waals surface area contributed by atoms with Gasteiger partial charge in [-0.2, -0.15) is 0 Å². The molecule has 0 radical (unpaired) electrons. The Morgan fingerprint density at radius 1 is 1.00 bits per heavy atom. The first kappa shape index (κ1) is 23.1. The van der Waals surface area contributed by atoms with Gasteiger partial charge in [0.2, 0.25) is 0 Å². The summed E-state index contributed by atoms with van der Waals surface area (Å²) in [7, 11) is 2.94. The summed E-state index contributed by atoms with van der Waals surface area (Å²) in [6.45, 7) is 7.60. The average Bonchev–Trinajstić information content (AvgIpc) is 2.82. The highest BCUT2D eigenvalue weighted by atomic mass is 16.5. The van der Waals surface area contributed by atoms with E-state index in [2.05, 4.69) is 44.1 Å². The van der Waals surface area contributed by atoms with Crippen LogP contribution in [0.15, 0.2) is 42.7 Å². The molecule has 0 bridgehead atoms. The molecular weight excluding hydrogens is 410 g/mol. The van der Waals surface area contributed by atoms with E-state index in [1.165, 1.54) is 13.4 Å². The second-order valence-electron chi connectivity index (χ2n) is 6.94. The molecule has 9 heteroatoms. The molecule has 3 aromatic rings. The van der Waals surface area contributed by atoms with Crippen molar-refractivity contribution in [2.45, 2.75) is 13.8 Å². The quantitative estimate of drug-likeness (QED) is 0.483. The lowest BCUT2D eigenvalue weighted by Gasteiger charge is -2.19. The van der Waals surface area contributed by atoms with Crippen LogP contribution in [0.3, 0.4) is 0 Å². The smallest absolute Gasteiger partial charge is 0.411 e. The zero-order valence-electron chi connectivity index (χ0n) is 18.8. The third kappa shape index (κ3) is 5.76. The van der Waals surface area contributed by atoms with Crippen LogP contribution in [0.2, 0.25) is 0 Å². The number of carbonyl (C=O) groups is 1. The second kappa shape index (κ2) is 11.1. The highest BCUT2D eigenvalue weighted by molar-refractivity contribution is 5.93. The highest BCUT2D eigenvalue weighted by Gasteiger charge is 2.12. The topological polar surface area (TPSA) is 97.8 Å². The summed E-state index contributed by atoms with van der Waals surface area (Å²) in [5.41, 5.74) is 2.17. The maximum atomic E-state index is 11.3. The number of amides is 1. The van der Waals surface area contributed by atoms with Crippen LogP contribution < -0.4 is 20.1 Å². The molecule has 0 spiro atoms. The Kier molecular flexibility index (Phi) is 8.04. The summed E-state index contributed by atoms with van der Waals surface area (Å²) < 4.78 is 16.2. The Bertz CT molecular complexity index is 1040. The predicted molar refractivity (Wildman–Crippen MR) is 125 cm³/mol. The maximum Gasteiger partial charge on any atom is 0.411 e. The summed E-state index contributed by atoms with van der Waals surface area (Å²) >= 11 is 0. The van der Waals surface area contributed by atoms with Gasteiger partial charge in [-0.15, -0.1) is 0 Å². The van der Waals surface area contributed by atoms with Gasteiger partial charge in [0.1, 0.15) is 18.8 Å².